The van der Waals surface area contributed by atoms with Gasteiger partial charge in [-0.1, -0.05) is 54.1 Å². The molecule has 110 valence electrons. The van der Waals surface area contributed by atoms with Gasteiger partial charge in [0.2, 0.25) is 0 Å². The number of ether oxygens (including phenoxy) is 1. The summed E-state index contributed by atoms with van der Waals surface area (Å²) in [7, 11) is 0. The predicted octanol–water partition coefficient (Wildman–Crippen LogP) is 4.54. The Kier molecular flexibility index (Phi) is 5.54. The number of carbonyl (C=O) groups is 1. The molecule has 0 N–H and O–H groups in total. The molecular weight excluding hydrogens is 284 g/mol. The summed E-state index contributed by atoms with van der Waals surface area (Å²) in [6, 6.07) is 15.3. The molecule has 0 saturated heterocycles. The van der Waals surface area contributed by atoms with E-state index in [4.69, 9.17) is 16.3 Å². The van der Waals surface area contributed by atoms with Crippen LogP contribution in [0.25, 0.3) is 0 Å². The summed E-state index contributed by atoms with van der Waals surface area (Å²) in [4.78, 5) is 12.6. The number of Topliss-reactive ketones (excluding diaryl/α,β-unsaturated/α-hetero) is 1. The average molecular weight is 303 g/mol. The summed E-state index contributed by atoms with van der Waals surface area (Å²) in [5, 5.41) is 0.631. The van der Waals surface area contributed by atoms with Crippen molar-refractivity contribution in [2.45, 2.75) is 26.4 Å². The smallest absolute Gasteiger partial charge is 0.170 e. The second-order valence-corrected chi connectivity index (χ2v) is 5.39. The molecule has 0 heterocycles. The molecule has 3 heteroatoms. The zero-order chi connectivity index (χ0) is 15.2. The van der Waals surface area contributed by atoms with Crippen molar-refractivity contribution in [1.82, 2.24) is 0 Å². The van der Waals surface area contributed by atoms with Crippen molar-refractivity contribution in [1.29, 1.82) is 0 Å². The fourth-order valence-electron chi connectivity index (χ4n) is 2.25. The standard InChI is InChI=1S/C18H19ClO2/c1-3-21-18(14-7-5-4-6-8-14)17(20)12-15-10-9-13(2)11-16(15)19/h4-11,18H,3,12H2,1-2H3. The maximum absolute atomic E-state index is 12.6. The first-order valence-electron chi connectivity index (χ1n) is 7.06. The third-order valence-corrected chi connectivity index (χ3v) is 3.65. The van der Waals surface area contributed by atoms with Crippen LogP contribution in [0.1, 0.15) is 29.7 Å². The second kappa shape index (κ2) is 7.39. The van der Waals surface area contributed by atoms with Gasteiger partial charge >= 0.3 is 0 Å². The highest BCUT2D eigenvalue weighted by Crippen LogP contribution is 2.24. The second-order valence-electron chi connectivity index (χ2n) is 4.98. The first-order chi connectivity index (χ1) is 10.1. The minimum Gasteiger partial charge on any atom is -0.366 e. The molecule has 21 heavy (non-hydrogen) atoms. The van der Waals surface area contributed by atoms with Gasteiger partial charge in [-0.05, 0) is 36.6 Å². The minimum absolute atomic E-state index is 0.0220. The van der Waals surface area contributed by atoms with E-state index in [1.165, 1.54) is 0 Å². The van der Waals surface area contributed by atoms with E-state index >= 15 is 0 Å². The molecule has 0 fully saturated rings. The molecular formula is C18H19ClO2. The Morgan fingerprint density at radius 1 is 1.19 bits per heavy atom. The maximum Gasteiger partial charge on any atom is 0.170 e. The summed E-state index contributed by atoms with van der Waals surface area (Å²) < 4.78 is 5.63. The normalized spacial score (nSPS) is 12.1. The van der Waals surface area contributed by atoms with Crippen molar-refractivity contribution < 1.29 is 9.53 Å². The number of hydrogen-bond donors (Lipinski definition) is 0. The monoisotopic (exact) mass is 302 g/mol. The predicted molar refractivity (Wildman–Crippen MR) is 85.7 cm³/mol. The van der Waals surface area contributed by atoms with Gasteiger partial charge in [-0.25, -0.2) is 0 Å². The SMILES string of the molecule is CCOC(C(=O)Cc1ccc(C)cc1Cl)c1ccccc1. The van der Waals surface area contributed by atoms with Gasteiger partial charge in [-0.3, -0.25) is 4.79 Å². The van der Waals surface area contributed by atoms with E-state index in [0.717, 1.165) is 16.7 Å². The van der Waals surface area contributed by atoms with Crippen LogP contribution in [0.15, 0.2) is 48.5 Å². The Labute approximate surface area is 130 Å². The molecule has 0 spiro atoms. The van der Waals surface area contributed by atoms with Crippen LogP contribution in [0.2, 0.25) is 5.02 Å². The Bertz CT molecular complexity index is 608. The van der Waals surface area contributed by atoms with E-state index in [-0.39, 0.29) is 12.2 Å². The summed E-state index contributed by atoms with van der Waals surface area (Å²) in [6.07, 6.45) is -0.257. The lowest BCUT2D eigenvalue weighted by atomic mass is 9.99. The van der Waals surface area contributed by atoms with Crippen molar-refractivity contribution >= 4 is 17.4 Å². The molecule has 0 aliphatic carbocycles. The first kappa shape index (κ1) is 15.7. The van der Waals surface area contributed by atoms with Gasteiger partial charge in [0.1, 0.15) is 6.10 Å². The Morgan fingerprint density at radius 3 is 2.52 bits per heavy atom. The van der Waals surface area contributed by atoms with Crippen LogP contribution in [0.4, 0.5) is 0 Å². The van der Waals surface area contributed by atoms with Crippen molar-refractivity contribution in [3.8, 4) is 0 Å². The lowest BCUT2D eigenvalue weighted by Crippen LogP contribution is -2.18. The fraction of sp³-hybridized carbons (Fsp3) is 0.278. The highest BCUT2D eigenvalue weighted by molar-refractivity contribution is 6.31. The van der Waals surface area contributed by atoms with E-state index in [0.29, 0.717) is 11.6 Å². The van der Waals surface area contributed by atoms with Gasteiger partial charge < -0.3 is 4.74 Å². The van der Waals surface area contributed by atoms with Crippen molar-refractivity contribution in [2.24, 2.45) is 0 Å². The van der Waals surface area contributed by atoms with E-state index in [1.807, 2.05) is 62.4 Å². The topological polar surface area (TPSA) is 26.3 Å². The molecule has 1 atom stereocenters. The Morgan fingerprint density at radius 2 is 1.90 bits per heavy atom. The molecule has 2 aromatic rings. The third kappa shape index (κ3) is 4.16. The van der Waals surface area contributed by atoms with E-state index in [2.05, 4.69) is 0 Å². The van der Waals surface area contributed by atoms with Crippen molar-refractivity contribution in [2.75, 3.05) is 6.61 Å². The maximum atomic E-state index is 12.6. The van der Waals surface area contributed by atoms with Gasteiger partial charge in [0.05, 0.1) is 0 Å². The van der Waals surface area contributed by atoms with Crippen LogP contribution in [-0.2, 0) is 16.0 Å². The van der Waals surface area contributed by atoms with Crippen LogP contribution in [-0.4, -0.2) is 12.4 Å². The lowest BCUT2D eigenvalue weighted by molar-refractivity contribution is -0.130. The van der Waals surface area contributed by atoms with Crippen molar-refractivity contribution in [3.05, 3.63) is 70.2 Å². The molecule has 2 rings (SSSR count). The number of carbonyl (C=O) groups excluding carboxylic acids is 1. The van der Waals surface area contributed by atoms with Gasteiger partial charge in [0, 0.05) is 18.1 Å². The van der Waals surface area contributed by atoms with E-state index in [9.17, 15) is 4.79 Å². The highest BCUT2D eigenvalue weighted by Gasteiger charge is 2.21. The Balaban J connectivity index is 2.19. The number of ketones is 1. The van der Waals surface area contributed by atoms with Gasteiger partial charge in [-0.15, -0.1) is 0 Å². The number of halogens is 1. The largest absolute Gasteiger partial charge is 0.366 e. The van der Waals surface area contributed by atoms with Gasteiger partial charge in [0.15, 0.2) is 5.78 Å². The first-order valence-corrected chi connectivity index (χ1v) is 7.44. The van der Waals surface area contributed by atoms with Gasteiger partial charge in [-0.2, -0.15) is 0 Å². The molecule has 0 aromatic heterocycles. The van der Waals surface area contributed by atoms with Crippen LogP contribution in [0.3, 0.4) is 0 Å². The zero-order valence-electron chi connectivity index (χ0n) is 12.3. The average Bonchev–Trinajstić information content (AvgIpc) is 2.48. The number of aryl methyl sites for hydroxylation is 1. The van der Waals surface area contributed by atoms with Crippen molar-refractivity contribution in [3.63, 3.8) is 0 Å². The molecule has 1 unspecified atom stereocenters. The highest BCUT2D eigenvalue weighted by atomic mass is 35.5. The van der Waals surface area contributed by atoms with E-state index < -0.39 is 6.10 Å². The summed E-state index contributed by atoms with van der Waals surface area (Å²) in [5.74, 6) is 0.0220. The van der Waals surface area contributed by atoms with Crippen LogP contribution < -0.4 is 0 Å². The van der Waals surface area contributed by atoms with Crippen LogP contribution in [0, 0.1) is 6.92 Å². The minimum atomic E-state index is -0.534. The summed E-state index contributed by atoms with van der Waals surface area (Å²) >= 11 is 6.21. The number of benzene rings is 2. The quantitative estimate of drug-likeness (QED) is 0.783. The summed E-state index contributed by atoms with van der Waals surface area (Å²) in [5.41, 5.74) is 2.81. The molecule has 0 radical (unpaired) electrons. The lowest BCUT2D eigenvalue weighted by Gasteiger charge is -2.16. The number of rotatable bonds is 6. The molecule has 0 bridgehead atoms. The molecule has 0 aliphatic heterocycles. The van der Waals surface area contributed by atoms with Crippen LogP contribution >= 0.6 is 11.6 Å². The summed E-state index contributed by atoms with van der Waals surface area (Å²) in [6.45, 7) is 4.36. The van der Waals surface area contributed by atoms with Gasteiger partial charge in [0.25, 0.3) is 0 Å². The van der Waals surface area contributed by atoms with Crippen LogP contribution in [0.5, 0.6) is 0 Å². The van der Waals surface area contributed by atoms with E-state index in [1.54, 1.807) is 0 Å². The Hall–Kier alpha value is -1.64. The molecule has 0 amide bonds. The molecule has 2 nitrogen and oxygen atoms in total. The fourth-order valence-corrected chi connectivity index (χ4v) is 2.55. The molecule has 0 saturated carbocycles. The molecule has 0 aliphatic rings. The zero-order valence-corrected chi connectivity index (χ0v) is 13.1. The molecule has 2 aromatic carbocycles. The number of hydrogen-bond acceptors (Lipinski definition) is 2. The third-order valence-electron chi connectivity index (χ3n) is 3.30.